The Labute approximate surface area is 56.2 Å². The van der Waals surface area contributed by atoms with Crippen LogP contribution in [0.2, 0.25) is 0 Å². The molecule has 0 atom stereocenters. The van der Waals surface area contributed by atoms with Crippen molar-refractivity contribution in [3.05, 3.63) is 0 Å². The Morgan fingerprint density at radius 1 is 1.22 bits per heavy atom. The Morgan fingerprint density at radius 2 is 1.78 bits per heavy atom. The largest absolute Gasteiger partial charge is 0.438 e. The predicted molar refractivity (Wildman–Crippen MR) is 36.5 cm³/mol. The van der Waals surface area contributed by atoms with Gasteiger partial charge in [0, 0.05) is 26.3 Å². The van der Waals surface area contributed by atoms with Crippen molar-refractivity contribution < 1.29 is 9.31 Å². The average Bonchev–Trinajstić information content (AvgIpc) is 1.79. The lowest BCUT2D eigenvalue weighted by Crippen LogP contribution is -2.31. The number of likely N-dealkylation sites (N-methyl/N-ethyl adjacent to an activating group) is 1. The molecule has 1 saturated heterocycles. The van der Waals surface area contributed by atoms with Crippen molar-refractivity contribution in [2.45, 2.75) is 0 Å². The van der Waals surface area contributed by atoms with Crippen molar-refractivity contribution in [2.24, 2.45) is 0 Å². The molecule has 0 bridgehead atoms. The van der Waals surface area contributed by atoms with Crippen molar-refractivity contribution >= 4 is 7.69 Å². The summed E-state index contributed by atoms with van der Waals surface area (Å²) in [6.45, 7) is 3.61. The molecule has 0 radical (unpaired) electrons. The van der Waals surface area contributed by atoms with Gasteiger partial charge in [0.05, 0.1) is 0 Å². The first-order chi connectivity index (χ1) is 4.39. The van der Waals surface area contributed by atoms with Gasteiger partial charge in [0.2, 0.25) is 0 Å². The topological polar surface area (TPSA) is 21.7 Å². The van der Waals surface area contributed by atoms with E-state index in [1.165, 1.54) is 0 Å². The molecule has 0 aliphatic carbocycles. The molecule has 9 heavy (non-hydrogen) atoms. The van der Waals surface area contributed by atoms with Crippen LogP contribution in [0.15, 0.2) is 0 Å². The highest BCUT2D eigenvalue weighted by atomic mass is 16.6. The van der Waals surface area contributed by atoms with Gasteiger partial charge in [-0.15, -0.1) is 0 Å². The summed E-state index contributed by atoms with van der Waals surface area (Å²) in [7, 11) is 2.53. The molecule has 1 aliphatic rings. The van der Waals surface area contributed by atoms with Crippen LogP contribution in [-0.2, 0) is 9.31 Å². The average molecular weight is 129 g/mol. The van der Waals surface area contributed by atoms with E-state index < -0.39 is 0 Å². The van der Waals surface area contributed by atoms with Crippen LogP contribution < -0.4 is 0 Å². The van der Waals surface area contributed by atoms with E-state index in [4.69, 9.17) is 9.31 Å². The highest BCUT2D eigenvalue weighted by Crippen LogP contribution is 1.87. The van der Waals surface area contributed by atoms with E-state index in [-0.39, 0.29) is 0 Å². The Balaban J connectivity index is 2.12. The highest BCUT2D eigenvalue weighted by Gasteiger charge is 2.02. The summed E-state index contributed by atoms with van der Waals surface area (Å²) in [5, 5.41) is 0. The normalized spacial score (nSPS) is 24.1. The second-order valence-electron chi connectivity index (χ2n) is 2.24. The van der Waals surface area contributed by atoms with Crippen LogP contribution in [-0.4, -0.2) is 45.9 Å². The van der Waals surface area contributed by atoms with Gasteiger partial charge in [-0.1, -0.05) is 0 Å². The molecule has 1 rings (SSSR count). The van der Waals surface area contributed by atoms with Gasteiger partial charge in [0.25, 0.3) is 0 Å². The molecule has 1 fully saturated rings. The first-order valence-corrected chi connectivity index (χ1v) is 3.23. The maximum absolute atomic E-state index is 5.08. The molecule has 0 saturated carbocycles. The SMILES string of the molecule is CN1CCOBOCC1. The van der Waals surface area contributed by atoms with Crippen LogP contribution in [0, 0.1) is 0 Å². The van der Waals surface area contributed by atoms with Gasteiger partial charge >= 0.3 is 7.69 Å². The number of nitrogens with zero attached hydrogens (tertiary/aromatic N) is 1. The second-order valence-corrected chi connectivity index (χ2v) is 2.24. The minimum absolute atomic E-state index is 0.466. The second kappa shape index (κ2) is 3.87. The summed E-state index contributed by atoms with van der Waals surface area (Å²) < 4.78 is 10.2. The van der Waals surface area contributed by atoms with E-state index in [1.807, 2.05) is 0 Å². The molecule has 0 aromatic heterocycles. The van der Waals surface area contributed by atoms with Crippen LogP contribution in [0.5, 0.6) is 0 Å². The van der Waals surface area contributed by atoms with Gasteiger partial charge in [0.1, 0.15) is 0 Å². The first kappa shape index (κ1) is 7.06. The number of hydrogen-bond donors (Lipinski definition) is 0. The third kappa shape index (κ3) is 2.84. The van der Waals surface area contributed by atoms with Crippen molar-refractivity contribution in [3.63, 3.8) is 0 Å². The first-order valence-electron chi connectivity index (χ1n) is 3.23. The van der Waals surface area contributed by atoms with Gasteiger partial charge in [-0.05, 0) is 7.05 Å². The molecule has 1 heterocycles. The lowest BCUT2D eigenvalue weighted by molar-refractivity contribution is 0.141. The minimum atomic E-state index is 0.466. The van der Waals surface area contributed by atoms with Gasteiger partial charge in [0.15, 0.2) is 0 Å². The molecule has 0 aromatic rings. The fourth-order valence-electron chi connectivity index (χ4n) is 0.729. The smallest absolute Gasteiger partial charge is 0.413 e. The monoisotopic (exact) mass is 129 g/mol. The van der Waals surface area contributed by atoms with Crippen LogP contribution in [0.25, 0.3) is 0 Å². The quantitative estimate of drug-likeness (QED) is 0.401. The van der Waals surface area contributed by atoms with Crippen molar-refractivity contribution in [1.29, 1.82) is 0 Å². The number of hydrogen-bond acceptors (Lipinski definition) is 3. The van der Waals surface area contributed by atoms with E-state index >= 15 is 0 Å². The maximum atomic E-state index is 5.08. The van der Waals surface area contributed by atoms with E-state index in [1.54, 1.807) is 0 Å². The Hall–Kier alpha value is -0.0551. The fraction of sp³-hybridized carbons (Fsp3) is 1.00. The summed E-state index contributed by atoms with van der Waals surface area (Å²) in [6.07, 6.45) is 0. The van der Waals surface area contributed by atoms with Crippen LogP contribution >= 0.6 is 0 Å². The summed E-state index contributed by atoms with van der Waals surface area (Å²) >= 11 is 0. The zero-order valence-corrected chi connectivity index (χ0v) is 5.80. The molecule has 0 amide bonds. The molecule has 52 valence electrons. The van der Waals surface area contributed by atoms with E-state index in [0.717, 1.165) is 26.3 Å². The third-order valence-electron chi connectivity index (χ3n) is 1.40. The van der Waals surface area contributed by atoms with Gasteiger partial charge < -0.3 is 14.2 Å². The zero-order valence-electron chi connectivity index (χ0n) is 5.80. The van der Waals surface area contributed by atoms with E-state index in [2.05, 4.69) is 11.9 Å². The molecule has 4 heteroatoms. The van der Waals surface area contributed by atoms with Crippen molar-refractivity contribution in [3.8, 4) is 0 Å². The van der Waals surface area contributed by atoms with Crippen molar-refractivity contribution in [2.75, 3.05) is 33.4 Å². The summed E-state index contributed by atoms with van der Waals surface area (Å²) in [5.41, 5.74) is 0. The lowest BCUT2D eigenvalue weighted by Gasteiger charge is -2.19. The van der Waals surface area contributed by atoms with Crippen LogP contribution in [0.4, 0.5) is 0 Å². The summed E-state index contributed by atoms with van der Waals surface area (Å²) in [5.74, 6) is 0. The molecule has 0 aromatic carbocycles. The van der Waals surface area contributed by atoms with Gasteiger partial charge in [-0.25, -0.2) is 0 Å². The molecule has 0 spiro atoms. The summed E-state index contributed by atoms with van der Waals surface area (Å²) in [6, 6.07) is 0. The Kier molecular flexibility index (Phi) is 3.04. The maximum Gasteiger partial charge on any atom is 0.438 e. The molecular weight excluding hydrogens is 117 g/mol. The lowest BCUT2D eigenvalue weighted by atomic mass is 10.3. The van der Waals surface area contributed by atoms with Gasteiger partial charge in [-0.3, -0.25) is 0 Å². The molecule has 1 aliphatic heterocycles. The molecule has 0 unspecified atom stereocenters. The van der Waals surface area contributed by atoms with E-state index in [9.17, 15) is 0 Å². The Morgan fingerprint density at radius 3 is 2.33 bits per heavy atom. The van der Waals surface area contributed by atoms with Crippen LogP contribution in [0.3, 0.4) is 0 Å². The predicted octanol–water partition coefficient (Wildman–Crippen LogP) is -0.769. The molecule has 3 nitrogen and oxygen atoms in total. The standard InChI is InChI=1S/C5H12BNO2/c1-7-2-4-8-6-9-5-3-7/h6H,2-5H2,1H3. The highest BCUT2D eigenvalue weighted by molar-refractivity contribution is 6.17. The Bertz CT molecular complexity index is 73.4. The third-order valence-corrected chi connectivity index (χ3v) is 1.40. The van der Waals surface area contributed by atoms with E-state index in [0.29, 0.717) is 7.69 Å². The van der Waals surface area contributed by atoms with Gasteiger partial charge in [-0.2, -0.15) is 0 Å². The molecular formula is C5H12BNO2. The fourth-order valence-corrected chi connectivity index (χ4v) is 0.729. The summed E-state index contributed by atoms with van der Waals surface area (Å²) in [4.78, 5) is 2.19. The number of rotatable bonds is 0. The minimum Gasteiger partial charge on any atom is -0.413 e. The van der Waals surface area contributed by atoms with Crippen LogP contribution in [0.1, 0.15) is 0 Å². The zero-order chi connectivity index (χ0) is 6.53. The molecule has 0 N–H and O–H groups in total. The van der Waals surface area contributed by atoms with Crippen molar-refractivity contribution in [1.82, 2.24) is 4.90 Å².